The molecule has 2 heterocycles. The third-order valence-corrected chi connectivity index (χ3v) is 6.80. The lowest BCUT2D eigenvalue weighted by molar-refractivity contribution is -0.120. The van der Waals surface area contributed by atoms with Crippen molar-refractivity contribution in [2.75, 3.05) is 0 Å². The number of Topliss-reactive ketones (excluding diaryl/α,β-unsaturated/α-hetero) is 1. The van der Waals surface area contributed by atoms with Crippen molar-refractivity contribution in [3.63, 3.8) is 0 Å². The monoisotopic (exact) mass is 412 g/mol. The topological polar surface area (TPSA) is 32.7 Å². The molecule has 1 saturated carbocycles. The third kappa shape index (κ3) is 3.83. The molecule has 0 spiro atoms. The summed E-state index contributed by atoms with van der Waals surface area (Å²) in [6.45, 7) is 6.27. The first-order valence-electron chi connectivity index (χ1n) is 10.3. The summed E-state index contributed by atoms with van der Waals surface area (Å²) in [5, 5.41) is 6.42. The summed E-state index contributed by atoms with van der Waals surface area (Å²) in [6.07, 6.45) is 9.40. The summed E-state index contributed by atoms with van der Waals surface area (Å²) >= 11 is 5.92. The zero-order chi connectivity index (χ0) is 20.7. The summed E-state index contributed by atoms with van der Waals surface area (Å²) in [4.78, 5) is 13.6. The van der Waals surface area contributed by atoms with Gasteiger partial charge in [0.25, 0.3) is 0 Å². The van der Waals surface area contributed by atoms with Gasteiger partial charge in [-0.2, -0.15) is 5.10 Å². The van der Waals surface area contributed by atoms with Crippen LogP contribution in [0.15, 0.2) is 52.3 Å². The number of carbonyl (C=O) groups excluding carboxylic acids is 1. The highest BCUT2D eigenvalue weighted by Gasteiger charge is 2.37. The number of halogens is 2. The van der Waals surface area contributed by atoms with Crippen molar-refractivity contribution in [1.29, 1.82) is 0 Å². The van der Waals surface area contributed by atoms with Crippen LogP contribution in [0.2, 0.25) is 5.02 Å². The van der Waals surface area contributed by atoms with Gasteiger partial charge in [-0.15, -0.1) is 0 Å². The van der Waals surface area contributed by atoms with Gasteiger partial charge in [0.2, 0.25) is 0 Å². The van der Waals surface area contributed by atoms with Gasteiger partial charge in [-0.05, 0) is 74.3 Å². The number of hydrogen-bond acceptors (Lipinski definition) is 3. The molecular weight excluding hydrogens is 387 g/mol. The molecule has 0 aromatic heterocycles. The molecule has 1 aromatic rings. The highest BCUT2D eigenvalue weighted by atomic mass is 35.5. The van der Waals surface area contributed by atoms with E-state index in [0.717, 1.165) is 23.3 Å². The number of benzene rings is 1. The van der Waals surface area contributed by atoms with E-state index in [4.69, 9.17) is 11.6 Å². The third-order valence-electron chi connectivity index (χ3n) is 6.49. The van der Waals surface area contributed by atoms with E-state index in [1.54, 1.807) is 23.4 Å². The minimum Gasteiger partial charge on any atom is -0.294 e. The van der Waals surface area contributed by atoms with Crippen molar-refractivity contribution in [2.24, 2.45) is 22.9 Å². The molecule has 152 valence electrons. The summed E-state index contributed by atoms with van der Waals surface area (Å²) < 4.78 is 14.3. The second-order valence-corrected chi connectivity index (χ2v) is 8.81. The van der Waals surface area contributed by atoms with E-state index in [0.29, 0.717) is 29.5 Å². The van der Waals surface area contributed by atoms with Crippen LogP contribution in [0.1, 0.15) is 52.0 Å². The molecule has 0 N–H and O–H groups in total. The van der Waals surface area contributed by atoms with Gasteiger partial charge in [0, 0.05) is 23.3 Å². The SMILES string of the molecule is CC1=C2C=CC=NN2C(c2ccc(Cl)c(F)c2)=C(C(=O)C(C)C(C)C2CC2)CC1. The lowest BCUT2D eigenvalue weighted by Gasteiger charge is -2.28. The van der Waals surface area contributed by atoms with Gasteiger partial charge in [-0.25, -0.2) is 9.40 Å². The molecule has 1 aliphatic carbocycles. The van der Waals surface area contributed by atoms with Gasteiger partial charge in [0.05, 0.1) is 16.4 Å². The van der Waals surface area contributed by atoms with Crippen molar-refractivity contribution in [2.45, 2.75) is 46.5 Å². The molecular formula is C24H26ClFN2O. The van der Waals surface area contributed by atoms with Crippen LogP contribution in [0, 0.1) is 23.6 Å². The van der Waals surface area contributed by atoms with Gasteiger partial charge in [-0.1, -0.05) is 31.5 Å². The Bertz CT molecular complexity index is 971. The minimum absolute atomic E-state index is 0.0700. The number of fused-ring (bicyclic) bond motifs is 1. The first kappa shape index (κ1) is 20.1. The fourth-order valence-electron chi connectivity index (χ4n) is 4.28. The van der Waals surface area contributed by atoms with Gasteiger partial charge < -0.3 is 0 Å². The van der Waals surface area contributed by atoms with Gasteiger partial charge >= 0.3 is 0 Å². The van der Waals surface area contributed by atoms with Gasteiger partial charge in [0.15, 0.2) is 5.78 Å². The van der Waals surface area contributed by atoms with Crippen molar-refractivity contribution in [1.82, 2.24) is 5.01 Å². The lowest BCUT2D eigenvalue weighted by Crippen LogP contribution is -2.25. The van der Waals surface area contributed by atoms with Crippen LogP contribution in [0.25, 0.3) is 5.70 Å². The Balaban J connectivity index is 1.85. The normalized spacial score (nSPS) is 21.2. The van der Waals surface area contributed by atoms with Crippen LogP contribution in [-0.4, -0.2) is 17.0 Å². The lowest BCUT2D eigenvalue weighted by atomic mass is 9.82. The standard InChI is InChI=1S/C24H26ClFN2O/c1-14-6-10-19(24(29)16(3)15(2)17-7-8-17)23(28-22(14)5-4-12-27-28)18-9-11-20(25)21(26)13-18/h4-5,9,11-13,15-17H,6-8,10H2,1-3H3. The predicted molar refractivity (Wildman–Crippen MR) is 116 cm³/mol. The summed E-state index contributed by atoms with van der Waals surface area (Å²) in [7, 11) is 0. The molecule has 1 aromatic carbocycles. The maximum Gasteiger partial charge on any atom is 0.164 e. The maximum atomic E-state index is 14.3. The summed E-state index contributed by atoms with van der Waals surface area (Å²) in [5.41, 5.74) is 4.14. The smallest absolute Gasteiger partial charge is 0.164 e. The zero-order valence-corrected chi connectivity index (χ0v) is 17.8. The van der Waals surface area contributed by atoms with Crippen LogP contribution in [0.5, 0.6) is 0 Å². The molecule has 3 nitrogen and oxygen atoms in total. The Hall–Kier alpha value is -2.20. The maximum absolute atomic E-state index is 14.3. The predicted octanol–water partition coefficient (Wildman–Crippen LogP) is 6.37. The second kappa shape index (κ2) is 7.91. The highest BCUT2D eigenvalue weighted by Crippen LogP contribution is 2.43. The second-order valence-electron chi connectivity index (χ2n) is 8.41. The van der Waals surface area contributed by atoms with Crippen LogP contribution >= 0.6 is 11.6 Å². The molecule has 2 atom stereocenters. The van der Waals surface area contributed by atoms with E-state index < -0.39 is 5.82 Å². The number of nitrogens with zero attached hydrogens (tertiary/aromatic N) is 2. The molecule has 0 saturated heterocycles. The Morgan fingerprint density at radius 1 is 1.28 bits per heavy atom. The van der Waals surface area contributed by atoms with Crippen molar-refractivity contribution in [3.05, 3.63) is 63.6 Å². The fraction of sp³-hybridized carbons (Fsp3) is 0.417. The van der Waals surface area contributed by atoms with Crippen molar-refractivity contribution < 1.29 is 9.18 Å². The van der Waals surface area contributed by atoms with E-state index in [9.17, 15) is 9.18 Å². The molecule has 0 bridgehead atoms. The molecule has 29 heavy (non-hydrogen) atoms. The molecule has 2 aliphatic heterocycles. The highest BCUT2D eigenvalue weighted by molar-refractivity contribution is 6.30. The molecule has 0 amide bonds. The first-order chi connectivity index (χ1) is 13.9. The average Bonchev–Trinajstić information content (AvgIpc) is 3.57. The average molecular weight is 413 g/mol. The van der Waals surface area contributed by atoms with Crippen LogP contribution < -0.4 is 0 Å². The largest absolute Gasteiger partial charge is 0.294 e. The molecule has 4 rings (SSSR count). The first-order valence-corrected chi connectivity index (χ1v) is 10.7. The zero-order valence-electron chi connectivity index (χ0n) is 17.1. The molecule has 0 radical (unpaired) electrons. The number of carbonyl (C=O) groups is 1. The van der Waals surface area contributed by atoms with E-state index in [-0.39, 0.29) is 16.7 Å². The summed E-state index contributed by atoms with van der Waals surface area (Å²) in [6, 6.07) is 4.73. The Labute approximate surface area is 176 Å². The van der Waals surface area contributed by atoms with E-state index in [1.807, 2.05) is 19.1 Å². The van der Waals surface area contributed by atoms with Crippen LogP contribution in [0.3, 0.4) is 0 Å². The Kier molecular flexibility index (Phi) is 5.48. The van der Waals surface area contributed by atoms with Gasteiger partial charge in [0.1, 0.15) is 5.82 Å². The van der Waals surface area contributed by atoms with E-state index >= 15 is 0 Å². The Morgan fingerprint density at radius 2 is 2.03 bits per heavy atom. The quantitative estimate of drug-likeness (QED) is 0.563. The molecule has 2 unspecified atom stereocenters. The number of ketones is 1. The number of hydrogen-bond donors (Lipinski definition) is 0. The van der Waals surface area contributed by atoms with Gasteiger partial charge in [-0.3, -0.25) is 4.79 Å². The van der Waals surface area contributed by atoms with Crippen molar-refractivity contribution in [3.8, 4) is 0 Å². The van der Waals surface area contributed by atoms with Crippen LogP contribution in [0.4, 0.5) is 4.39 Å². The molecule has 1 fully saturated rings. The molecule has 3 aliphatic rings. The number of allylic oxidation sites excluding steroid dienone is 4. The minimum atomic E-state index is -0.495. The number of rotatable bonds is 5. The van der Waals surface area contributed by atoms with Crippen molar-refractivity contribution >= 4 is 29.3 Å². The van der Waals surface area contributed by atoms with Crippen LogP contribution in [-0.2, 0) is 4.79 Å². The molecule has 5 heteroatoms. The van der Waals surface area contributed by atoms with E-state index in [2.05, 4.69) is 18.9 Å². The summed E-state index contributed by atoms with van der Waals surface area (Å²) in [5.74, 6) is 0.568. The fourth-order valence-corrected chi connectivity index (χ4v) is 4.40. The van der Waals surface area contributed by atoms with E-state index in [1.165, 1.54) is 18.9 Å². The number of hydrazone groups is 1. The Morgan fingerprint density at radius 3 is 2.72 bits per heavy atom.